The van der Waals surface area contributed by atoms with Gasteiger partial charge >= 0.3 is 5.97 Å². The molecule has 0 aromatic carbocycles. The van der Waals surface area contributed by atoms with E-state index in [2.05, 4.69) is 25.9 Å². The Morgan fingerprint density at radius 3 is 2.09 bits per heavy atom. The number of aliphatic imine (C=N–C) groups is 2. The minimum absolute atomic E-state index is 0.0448. The van der Waals surface area contributed by atoms with Crippen molar-refractivity contribution in [3.63, 3.8) is 0 Å². The van der Waals surface area contributed by atoms with Crippen LogP contribution in [0.4, 0.5) is 0 Å². The quantitative estimate of drug-likeness (QED) is 0.0318. The lowest BCUT2D eigenvalue weighted by molar-refractivity contribution is -0.143. The zero-order valence-electron chi connectivity index (χ0n) is 25.7. The molecule has 19 heteroatoms. The molecule has 256 valence electrons. The van der Waals surface area contributed by atoms with Gasteiger partial charge in [-0.3, -0.25) is 29.2 Å². The lowest BCUT2D eigenvalue weighted by Crippen LogP contribution is -2.57. The zero-order chi connectivity index (χ0) is 33.9. The number of nitrogens with zero attached hydrogens (tertiary/aromatic N) is 3. The predicted octanol–water partition coefficient (Wildman–Crippen LogP) is -4.96. The second-order valence-corrected chi connectivity index (χ2v) is 10.8. The van der Waals surface area contributed by atoms with Crippen LogP contribution in [0.5, 0.6) is 0 Å². The van der Waals surface area contributed by atoms with Crippen molar-refractivity contribution >= 4 is 41.5 Å². The Morgan fingerprint density at radius 2 is 1.47 bits per heavy atom. The highest BCUT2D eigenvalue weighted by atomic mass is 16.4. The summed E-state index contributed by atoms with van der Waals surface area (Å²) in [5, 5.41) is 17.3. The molecule has 0 aromatic heterocycles. The molecule has 1 rings (SSSR count). The number of nitrogens with two attached hydrogens (primary N) is 7. The topological polar surface area (TPSA) is 352 Å². The van der Waals surface area contributed by atoms with Gasteiger partial charge in [0, 0.05) is 26.2 Å². The van der Waals surface area contributed by atoms with Gasteiger partial charge in [0.1, 0.15) is 18.1 Å². The third-order valence-corrected chi connectivity index (χ3v) is 7.12. The van der Waals surface area contributed by atoms with Gasteiger partial charge in [0.05, 0.1) is 12.1 Å². The molecular formula is C26H51N13O6. The summed E-state index contributed by atoms with van der Waals surface area (Å²) in [4.78, 5) is 72.0. The monoisotopic (exact) mass is 641 g/mol. The zero-order valence-corrected chi connectivity index (χ0v) is 25.7. The number of aliphatic carboxylic acids is 1. The minimum atomic E-state index is -1.25. The van der Waals surface area contributed by atoms with Gasteiger partial charge < -0.3 is 66.1 Å². The SMILES string of the molecule is NCC[C@H](NC(=O)[C@@H]1CCCN1C(=O)[C@@H](N)CCCCNC(=O)C(N)CCN=C(N)N)C(=O)N[C@@H](CCCN=C(N)N)C(=O)O. The average molecular weight is 642 g/mol. The molecule has 1 saturated heterocycles. The molecule has 5 atom stereocenters. The third-order valence-electron chi connectivity index (χ3n) is 7.12. The van der Waals surface area contributed by atoms with E-state index in [-0.39, 0.29) is 56.7 Å². The highest BCUT2D eigenvalue weighted by Crippen LogP contribution is 2.20. The number of carbonyl (C=O) groups is 5. The van der Waals surface area contributed by atoms with E-state index in [4.69, 9.17) is 40.1 Å². The molecule has 0 saturated carbocycles. The number of rotatable bonds is 21. The van der Waals surface area contributed by atoms with Gasteiger partial charge in [-0.15, -0.1) is 0 Å². The van der Waals surface area contributed by atoms with Crippen LogP contribution in [0.25, 0.3) is 0 Å². The van der Waals surface area contributed by atoms with Crippen LogP contribution in [0.1, 0.15) is 57.8 Å². The molecule has 0 bridgehead atoms. The Balaban J connectivity index is 2.61. The van der Waals surface area contributed by atoms with Gasteiger partial charge in [0.15, 0.2) is 11.9 Å². The molecule has 45 heavy (non-hydrogen) atoms. The standard InChI is InChI=1S/C26H51N13O6/c27-10-8-17(21(41)38-18(24(44)45)6-3-12-35-25(30)31)37-22(42)19-7-4-14-39(19)23(43)16(29)5-1-2-11-34-20(40)15(28)9-13-36-26(32)33/h15-19H,1-14,27-29H2,(H,34,40)(H,37,42)(H,38,41)(H,44,45)(H4,30,31,35)(H4,32,33,36)/t15?,16-,17-,18-,19-/m0/s1. The number of unbranched alkanes of at least 4 members (excludes halogenated alkanes) is 1. The number of guanidine groups is 2. The molecule has 0 aliphatic carbocycles. The minimum Gasteiger partial charge on any atom is -0.480 e. The molecule has 0 aromatic rings. The molecule has 1 unspecified atom stereocenters. The van der Waals surface area contributed by atoms with E-state index in [0.717, 1.165) is 0 Å². The molecule has 1 aliphatic rings. The number of hydrogen-bond donors (Lipinski definition) is 11. The van der Waals surface area contributed by atoms with Crippen molar-refractivity contribution in [3.05, 3.63) is 0 Å². The number of amides is 4. The number of carboxylic acid groups (broad SMARTS) is 1. The molecular weight excluding hydrogens is 590 g/mol. The lowest BCUT2D eigenvalue weighted by Gasteiger charge is -2.28. The second-order valence-electron chi connectivity index (χ2n) is 10.8. The Bertz CT molecular complexity index is 1050. The van der Waals surface area contributed by atoms with Crippen molar-refractivity contribution < 1.29 is 29.1 Å². The molecule has 18 N–H and O–H groups in total. The highest BCUT2D eigenvalue weighted by Gasteiger charge is 2.37. The first-order chi connectivity index (χ1) is 21.3. The maximum absolute atomic E-state index is 13.2. The van der Waals surface area contributed by atoms with E-state index in [1.54, 1.807) is 0 Å². The lowest BCUT2D eigenvalue weighted by atomic mass is 10.1. The Morgan fingerprint density at radius 1 is 0.800 bits per heavy atom. The van der Waals surface area contributed by atoms with E-state index < -0.39 is 53.9 Å². The Kier molecular flexibility index (Phi) is 17.8. The summed E-state index contributed by atoms with van der Waals surface area (Å²) in [6.45, 7) is 1.13. The van der Waals surface area contributed by atoms with Crippen molar-refractivity contribution in [2.45, 2.75) is 88.0 Å². The van der Waals surface area contributed by atoms with Gasteiger partial charge in [-0.2, -0.15) is 0 Å². The molecule has 1 fully saturated rings. The van der Waals surface area contributed by atoms with Crippen LogP contribution in [-0.2, 0) is 24.0 Å². The highest BCUT2D eigenvalue weighted by molar-refractivity contribution is 5.94. The van der Waals surface area contributed by atoms with Crippen molar-refractivity contribution in [2.75, 3.05) is 32.7 Å². The van der Waals surface area contributed by atoms with E-state index in [1.807, 2.05) is 0 Å². The third kappa shape index (κ3) is 14.9. The van der Waals surface area contributed by atoms with Gasteiger partial charge in [-0.05, 0) is 64.3 Å². The van der Waals surface area contributed by atoms with Crippen molar-refractivity contribution in [1.29, 1.82) is 0 Å². The summed E-state index contributed by atoms with van der Waals surface area (Å²) < 4.78 is 0. The first-order valence-corrected chi connectivity index (χ1v) is 15.0. The number of carbonyl (C=O) groups excluding carboxylic acids is 4. The number of hydrogen-bond acceptors (Lipinski definition) is 10. The van der Waals surface area contributed by atoms with Crippen LogP contribution in [0.2, 0.25) is 0 Å². The van der Waals surface area contributed by atoms with Gasteiger partial charge in [0.2, 0.25) is 23.6 Å². The summed E-state index contributed by atoms with van der Waals surface area (Å²) >= 11 is 0. The fourth-order valence-electron chi connectivity index (χ4n) is 4.67. The van der Waals surface area contributed by atoms with Crippen LogP contribution in [0.3, 0.4) is 0 Å². The molecule has 19 nitrogen and oxygen atoms in total. The molecule has 0 radical (unpaired) electrons. The van der Waals surface area contributed by atoms with Crippen molar-refractivity contribution in [3.8, 4) is 0 Å². The first kappa shape index (κ1) is 38.8. The van der Waals surface area contributed by atoms with Crippen LogP contribution in [-0.4, -0.2) is 114 Å². The number of likely N-dealkylation sites (tertiary alicyclic amines) is 1. The molecule has 4 amide bonds. The Labute approximate surface area is 262 Å². The first-order valence-electron chi connectivity index (χ1n) is 15.0. The van der Waals surface area contributed by atoms with Gasteiger partial charge in [0.25, 0.3) is 0 Å². The average Bonchev–Trinajstić information content (AvgIpc) is 3.47. The fourth-order valence-corrected chi connectivity index (χ4v) is 4.67. The van der Waals surface area contributed by atoms with E-state index in [9.17, 15) is 29.1 Å². The molecule has 0 spiro atoms. The molecule has 1 heterocycles. The number of nitrogens with one attached hydrogen (secondary N) is 3. The normalized spacial score (nSPS) is 16.9. The second kappa shape index (κ2) is 20.7. The number of carboxylic acids is 1. The Hall–Kier alpha value is -4.23. The van der Waals surface area contributed by atoms with Crippen molar-refractivity contribution in [2.24, 2.45) is 50.1 Å². The smallest absolute Gasteiger partial charge is 0.326 e. The van der Waals surface area contributed by atoms with E-state index in [1.165, 1.54) is 4.90 Å². The van der Waals surface area contributed by atoms with Gasteiger partial charge in [-0.25, -0.2) is 4.79 Å². The fraction of sp³-hybridized carbons (Fsp3) is 0.731. The van der Waals surface area contributed by atoms with Crippen LogP contribution >= 0.6 is 0 Å². The maximum Gasteiger partial charge on any atom is 0.326 e. The van der Waals surface area contributed by atoms with Crippen LogP contribution < -0.4 is 56.1 Å². The summed E-state index contributed by atoms with van der Waals surface area (Å²) in [6.07, 6.45) is 3.06. The van der Waals surface area contributed by atoms with Crippen LogP contribution in [0, 0.1) is 0 Å². The summed E-state index contributed by atoms with van der Waals surface area (Å²) in [6, 6.07) is -4.80. The summed E-state index contributed by atoms with van der Waals surface area (Å²) in [7, 11) is 0. The maximum atomic E-state index is 13.2. The van der Waals surface area contributed by atoms with E-state index in [0.29, 0.717) is 51.6 Å². The van der Waals surface area contributed by atoms with Crippen LogP contribution in [0.15, 0.2) is 9.98 Å². The summed E-state index contributed by atoms with van der Waals surface area (Å²) in [5.41, 5.74) is 38.6. The molecule has 1 aliphatic heterocycles. The predicted molar refractivity (Wildman–Crippen MR) is 168 cm³/mol. The van der Waals surface area contributed by atoms with Gasteiger partial charge in [-0.1, -0.05) is 0 Å². The largest absolute Gasteiger partial charge is 0.480 e. The summed E-state index contributed by atoms with van der Waals surface area (Å²) in [5.74, 6) is -3.46. The van der Waals surface area contributed by atoms with E-state index >= 15 is 0 Å². The van der Waals surface area contributed by atoms with Crippen molar-refractivity contribution in [1.82, 2.24) is 20.9 Å².